The minimum Gasteiger partial charge on any atom is -0.394 e. The van der Waals surface area contributed by atoms with Gasteiger partial charge in [0.05, 0.1) is 24.7 Å². The summed E-state index contributed by atoms with van der Waals surface area (Å²) in [7, 11) is 0. The van der Waals surface area contributed by atoms with Crippen LogP contribution in [0.5, 0.6) is 0 Å². The molecule has 0 amide bonds. The highest BCUT2D eigenvalue weighted by molar-refractivity contribution is 5.73. The summed E-state index contributed by atoms with van der Waals surface area (Å²) in [6, 6.07) is 0. The zero-order chi connectivity index (χ0) is 15.0. The van der Waals surface area contributed by atoms with Gasteiger partial charge in [0.2, 0.25) is 0 Å². The minimum atomic E-state index is -0.671. The summed E-state index contributed by atoms with van der Waals surface area (Å²) in [6.07, 6.45) is 2.30. The van der Waals surface area contributed by atoms with Crippen LogP contribution < -0.4 is 0 Å². The third-order valence-electron chi connectivity index (χ3n) is 3.81. The van der Waals surface area contributed by atoms with Gasteiger partial charge in [0.15, 0.2) is 5.65 Å². The summed E-state index contributed by atoms with van der Waals surface area (Å²) >= 11 is 0. The van der Waals surface area contributed by atoms with E-state index in [-0.39, 0.29) is 12.8 Å². The first-order valence-electron chi connectivity index (χ1n) is 7.28. The van der Waals surface area contributed by atoms with Gasteiger partial charge in [-0.2, -0.15) is 0 Å². The molecule has 1 aliphatic heterocycles. The van der Waals surface area contributed by atoms with Crippen molar-refractivity contribution >= 4 is 11.2 Å². The first kappa shape index (κ1) is 14.4. The molecule has 7 heteroatoms. The molecule has 1 aliphatic rings. The Hall–Kier alpha value is -1.57. The van der Waals surface area contributed by atoms with Crippen LogP contribution in [0.2, 0.25) is 0 Å². The summed E-state index contributed by atoms with van der Waals surface area (Å²) < 4.78 is 7.50. The lowest BCUT2D eigenvalue weighted by atomic mass is 10.2. The normalized spacial score (nSPS) is 25.8. The van der Waals surface area contributed by atoms with Crippen LogP contribution in [-0.2, 0) is 11.2 Å². The van der Waals surface area contributed by atoms with Gasteiger partial charge in [-0.3, -0.25) is 4.57 Å². The molecule has 21 heavy (non-hydrogen) atoms. The molecular weight excluding hydrogens is 272 g/mol. The van der Waals surface area contributed by atoms with Crippen molar-refractivity contribution in [3.05, 3.63) is 17.8 Å². The van der Waals surface area contributed by atoms with E-state index >= 15 is 0 Å². The quantitative estimate of drug-likeness (QED) is 0.863. The molecule has 3 unspecified atom stereocenters. The van der Waals surface area contributed by atoms with Gasteiger partial charge in [-0.25, -0.2) is 15.0 Å². The van der Waals surface area contributed by atoms with E-state index in [0.717, 1.165) is 35.5 Å². The smallest absolute Gasteiger partial charge is 0.165 e. The molecule has 0 spiro atoms. The van der Waals surface area contributed by atoms with Crippen molar-refractivity contribution in [3.63, 3.8) is 0 Å². The van der Waals surface area contributed by atoms with Crippen molar-refractivity contribution in [1.82, 2.24) is 19.5 Å². The lowest BCUT2D eigenvalue weighted by Gasteiger charge is -2.14. The Balaban J connectivity index is 1.99. The molecule has 3 heterocycles. The number of imidazole rings is 1. The molecule has 0 aromatic carbocycles. The summed E-state index contributed by atoms with van der Waals surface area (Å²) in [4.78, 5) is 13.4. The SMILES string of the molecule is CCCc1nc(C)c2ncn(C3CC(O)C(CO)O3)c2n1. The van der Waals surface area contributed by atoms with Gasteiger partial charge in [0.25, 0.3) is 0 Å². The van der Waals surface area contributed by atoms with Crippen LogP contribution in [0.15, 0.2) is 6.33 Å². The first-order valence-corrected chi connectivity index (χ1v) is 7.28. The van der Waals surface area contributed by atoms with Crippen molar-refractivity contribution in [2.45, 2.75) is 51.5 Å². The fraction of sp³-hybridized carbons (Fsp3) is 0.643. The second-order valence-electron chi connectivity index (χ2n) is 5.41. The number of aromatic nitrogens is 4. The minimum absolute atomic E-state index is 0.195. The van der Waals surface area contributed by atoms with Gasteiger partial charge >= 0.3 is 0 Å². The molecule has 3 rings (SSSR count). The largest absolute Gasteiger partial charge is 0.394 e. The molecule has 2 aromatic heterocycles. The van der Waals surface area contributed by atoms with E-state index in [1.54, 1.807) is 6.33 Å². The van der Waals surface area contributed by atoms with Gasteiger partial charge in [0.1, 0.15) is 23.7 Å². The van der Waals surface area contributed by atoms with Crippen molar-refractivity contribution < 1.29 is 14.9 Å². The maximum absolute atomic E-state index is 9.87. The molecule has 0 aliphatic carbocycles. The highest BCUT2D eigenvalue weighted by Crippen LogP contribution is 2.31. The molecule has 0 radical (unpaired) electrons. The maximum Gasteiger partial charge on any atom is 0.165 e. The fourth-order valence-corrected chi connectivity index (χ4v) is 2.71. The Labute approximate surface area is 122 Å². The van der Waals surface area contributed by atoms with Crippen molar-refractivity contribution in [2.75, 3.05) is 6.61 Å². The van der Waals surface area contributed by atoms with Crippen LogP contribution in [0.3, 0.4) is 0 Å². The number of ether oxygens (including phenoxy) is 1. The molecule has 114 valence electrons. The van der Waals surface area contributed by atoms with E-state index < -0.39 is 12.2 Å². The van der Waals surface area contributed by atoms with Gasteiger partial charge in [-0.1, -0.05) is 6.92 Å². The summed E-state index contributed by atoms with van der Waals surface area (Å²) in [5, 5.41) is 19.1. The molecule has 0 saturated carbocycles. The monoisotopic (exact) mass is 292 g/mol. The number of aliphatic hydroxyl groups is 2. The van der Waals surface area contributed by atoms with Crippen LogP contribution in [0.4, 0.5) is 0 Å². The van der Waals surface area contributed by atoms with E-state index in [4.69, 9.17) is 4.74 Å². The third-order valence-corrected chi connectivity index (χ3v) is 3.81. The highest BCUT2D eigenvalue weighted by atomic mass is 16.5. The van der Waals surface area contributed by atoms with E-state index in [0.29, 0.717) is 6.42 Å². The molecule has 2 N–H and O–H groups in total. The average Bonchev–Trinajstić information content (AvgIpc) is 3.02. The van der Waals surface area contributed by atoms with E-state index in [9.17, 15) is 10.2 Å². The Morgan fingerprint density at radius 3 is 2.90 bits per heavy atom. The number of hydrogen-bond donors (Lipinski definition) is 2. The van der Waals surface area contributed by atoms with Gasteiger partial charge in [-0.05, 0) is 13.3 Å². The number of hydrogen-bond acceptors (Lipinski definition) is 6. The molecule has 1 saturated heterocycles. The Kier molecular flexibility index (Phi) is 3.88. The van der Waals surface area contributed by atoms with Gasteiger partial charge < -0.3 is 14.9 Å². The number of fused-ring (bicyclic) bond motifs is 1. The number of aliphatic hydroxyl groups excluding tert-OH is 2. The molecule has 2 aromatic rings. The van der Waals surface area contributed by atoms with Crippen LogP contribution >= 0.6 is 0 Å². The van der Waals surface area contributed by atoms with Crippen molar-refractivity contribution in [2.24, 2.45) is 0 Å². The molecule has 7 nitrogen and oxygen atoms in total. The van der Waals surface area contributed by atoms with Crippen LogP contribution in [0.1, 0.15) is 37.5 Å². The number of rotatable bonds is 4. The lowest BCUT2D eigenvalue weighted by molar-refractivity contribution is -0.0432. The van der Waals surface area contributed by atoms with Crippen LogP contribution in [0.25, 0.3) is 11.2 Å². The van der Waals surface area contributed by atoms with Crippen LogP contribution in [-0.4, -0.2) is 48.5 Å². The topological polar surface area (TPSA) is 93.3 Å². The molecule has 1 fully saturated rings. The molecule has 0 bridgehead atoms. The second kappa shape index (κ2) is 5.67. The number of nitrogens with zero attached hydrogens (tertiary/aromatic N) is 4. The fourth-order valence-electron chi connectivity index (χ4n) is 2.71. The average molecular weight is 292 g/mol. The number of aryl methyl sites for hydroxylation is 2. The first-order chi connectivity index (χ1) is 10.1. The summed E-state index contributed by atoms with van der Waals surface area (Å²) in [5.41, 5.74) is 2.32. The third kappa shape index (κ3) is 2.52. The summed E-state index contributed by atoms with van der Waals surface area (Å²) in [6.45, 7) is 3.81. The van der Waals surface area contributed by atoms with E-state index in [1.807, 2.05) is 11.5 Å². The Morgan fingerprint density at radius 1 is 1.43 bits per heavy atom. The predicted molar refractivity (Wildman–Crippen MR) is 75.7 cm³/mol. The van der Waals surface area contributed by atoms with E-state index in [2.05, 4.69) is 21.9 Å². The maximum atomic E-state index is 9.87. The summed E-state index contributed by atoms with van der Waals surface area (Å²) in [5.74, 6) is 0.793. The van der Waals surface area contributed by atoms with E-state index in [1.165, 1.54) is 0 Å². The second-order valence-corrected chi connectivity index (χ2v) is 5.41. The zero-order valence-electron chi connectivity index (χ0n) is 12.2. The lowest BCUT2D eigenvalue weighted by Crippen LogP contribution is -2.24. The van der Waals surface area contributed by atoms with Crippen molar-refractivity contribution in [1.29, 1.82) is 0 Å². The predicted octanol–water partition coefficient (Wildman–Crippen LogP) is 0.728. The molecular formula is C14H20N4O3. The Morgan fingerprint density at radius 2 is 2.24 bits per heavy atom. The van der Waals surface area contributed by atoms with Gasteiger partial charge in [0, 0.05) is 12.8 Å². The standard InChI is InChI=1S/C14H20N4O3/c1-3-4-11-16-8(2)13-14(17-11)18(7-15-13)12-5-9(20)10(6-19)21-12/h7,9-10,12,19-20H,3-6H2,1-2H3. The van der Waals surface area contributed by atoms with Crippen LogP contribution in [0, 0.1) is 6.92 Å². The molecule has 3 atom stereocenters. The van der Waals surface area contributed by atoms with Crippen molar-refractivity contribution in [3.8, 4) is 0 Å². The van der Waals surface area contributed by atoms with Gasteiger partial charge in [-0.15, -0.1) is 0 Å². The Bertz CT molecular complexity index is 642. The highest BCUT2D eigenvalue weighted by Gasteiger charge is 2.35. The zero-order valence-corrected chi connectivity index (χ0v) is 12.2.